The van der Waals surface area contributed by atoms with Gasteiger partial charge in [0.1, 0.15) is 0 Å². The maximum Gasteiger partial charge on any atom is 0.322 e. The first-order chi connectivity index (χ1) is 16.4. The fourth-order valence-corrected chi connectivity index (χ4v) is 5.61. The van der Waals surface area contributed by atoms with Crippen LogP contribution < -0.4 is 5.32 Å². The molecule has 0 atom stereocenters. The Balaban J connectivity index is 1.47. The number of nitrogens with zero attached hydrogens (tertiary/aromatic N) is 3. The van der Waals surface area contributed by atoms with Crippen molar-refractivity contribution in [2.75, 3.05) is 31.5 Å². The third-order valence-electron chi connectivity index (χ3n) is 6.98. The van der Waals surface area contributed by atoms with Crippen LogP contribution in [0.15, 0.2) is 42.5 Å². The van der Waals surface area contributed by atoms with Gasteiger partial charge in [-0.05, 0) is 87.5 Å². The number of likely N-dealkylation sites (tertiary alicyclic amines) is 1. The molecule has 0 spiro atoms. The summed E-state index contributed by atoms with van der Waals surface area (Å²) in [6.45, 7) is 3.58. The minimum absolute atomic E-state index is 0.0108. The van der Waals surface area contributed by atoms with Crippen LogP contribution in [0.5, 0.6) is 0 Å². The molecular weight excluding hydrogens is 471 g/mol. The van der Waals surface area contributed by atoms with E-state index in [0.29, 0.717) is 53.5 Å². The average Bonchev–Trinajstić information content (AvgIpc) is 3.33. The van der Waals surface area contributed by atoms with Crippen molar-refractivity contribution < 1.29 is 9.90 Å². The predicted octanol–water partition coefficient (Wildman–Crippen LogP) is 5.63. The molecule has 1 saturated carbocycles. The van der Waals surface area contributed by atoms with Crippen LogP contribution in [0.3, 0.4) is 0 Å². The number of carbonyl (C=O) groups is 1. The first kappa shape index (κ1) is 24.8. The monoisotopic (exact) mass is 500 g/mol. The molecule has 8 heteroatoms. The molecule has 1 aliphatic carbocycles. The molecule has 34 heavy (non-hydrogen) atoms. The van der Waals surface area contributed by atoms with Crippen LogP contribution in [0.1, 0.15) is 49.7 Å². The highest BCUT2D eigenvalue weighted by molar-refractivity contribution is 6.35. The number of nitrogens with one attached hydrogen (secondary N) is 1. The summed E-state index contributed by atoms with van der Waals surface area (Å²) in [7, 11) is 0. The number of urea groups is 1. The van der Waals surface area contributed by atoms with E-state index in [0.717, 1.165) is 25.2 Å². The molecule has 2 aliphatic rings. The zero-order valence-electron chi connectivity index (χ0n) is 19.1. The summed E-state index contributed by atoms with van der Waals surface area (Å²) >= 11 is 12.2. The number of nitriles is 1. The highest BCUT2D eigenvalue weighted by Crippen LogP contribution is 2.39. The van der Waals surface area contributed by atoms with Crippen molar-refractivity contribution in [3.05, 3.63) is 63.6 Å². The lowest BCUT2D eigenvalue weighted by Gasteiger charge is -2.41. The highest BCUT2D eigenvalue weighted by Gasteiger charge is 2.38. The fraction of sp³-hybridized carbons (Fsp3) is 0.462. The van der Waals surface area contributed by atoms with Gasteiger partial charge in [-0.25, -0.2) is 4.79 Å². The third-order valence-corrected chi connectivity index (χ3v) is 7.42. The van der Waals surface area contributed by atoms with Crippen molar-refractivity contribution in [3.8, 4) is 6.07 Å². The van der Waals surface area contributed by atoms with Gasteiger partial charge >= 0.3 is 6.03 Å². The highest BCUT2D eigenvalue weighted by atomic mass is 35.5. The number of aliphatic hydroxyl groups is 1. The van der Waals surface area contributed by atoms with Crippen LogP contribution in [-0.2, 0) is 5.60 Å². The smallest absolute Gasteiger partial charge is 0.322 e. The molecular formula is C26H30Cl2N4O2. The van der Waals surface area contributed by atoms with E-state index >= 15 is 0 Å². The van der Waals surface area contributed by atoms with Crippen LogP contribution in [0.4, 0.5) is 10.5 Å². The van der Waals surface area contributed by atoms with E-state index in [1.807, 2.05) is 17.0 Å². The first-order valence-corrected chi connectivity index (χ1v) is 12.6. The van der Waals surface area contributed by atoms with Gasteiger partial charge in [0.25, 0.3) is 0 Å². The lowest BCUT2D eigenvalue weighted by molar-refractivity contribution is -0.0198. The zero-order chi connectivity index (χ0) is 24.1. The zero-order valence-corrected chi connectivity index (χ0v) is 20.7. The average molecular weight is 501 g/mol. The Labute approximate surface area is 211 Å². The Hall–Kier alpha value is -2.30. The van der Waals surface area contributed by atoms with Gasteiger partial charge in [0.05, 0.1) is 17.2 Å². The molecule has 2 aromatic rings. The molecule has 4 rings (SSSR count). The van der Waals surface area contributed by atoms with Crippen LogP contribution in [-0.4, -0.2) is 53.2 Å². The van der Waals surface area contributed by atoms with Gasteiger partial charge in [-0.1, -0.05) is 35.3 Å². The SMILES string of the molecule is N#Cc1cccc([C@]2(O)CC[C@@H](N(CCN3CCCC3)C(=O)Nc3cc(Cl)cc(Cl)c3)CC2)c1. The lowest BCUT2D eigenvalue weighted by atomic mass is 9.77. The van der Waals surface area contributed by atoms with E-state index in [1.54, 1.807) is 30.3 Å². The van der Waals surface area contributed by atoms with E-state index < -0.39 is 5.60 Å². The van der Waals surface area contributed by atoms with Crippen LogP contribution in [0.2, 0.25) is 10.0 Å². The van der Waals surface area contributed by atoms with Gasteiger partial charge in [0, 0.05) is 34.9 Å². The molecule has 1 heterocycles. The fourth-order valence-electron chi connectivity index (χ4n) is 5.09. The summed E-state index contributed by atoms with van der Waals surface area (Å²) in [6, 6.07) is 14.2. The Kier molecular flexibility index (Phi) is 8.00. The maximum atomic E-state index is 13.4. The van der Waals surface area contributed by atoms with Gasteiger partial charge in [-0.15, -0.1) is 0 Å². The topological polar surface area (TPSA) is 79.6 Å². The van der Waals surface area contributed by atoms with Gasteiger partial charge in [0.2, 0.25) is 0 Å². The van der Waals surface area contributed by atoms with E-state index in [1.165, 1.54) is 12.8 Å². The summed E-state index contributed by atoms with van der Waals surface area (Å²) in [4.78, 5) is 17.7. The number of rotatable bonds is 6. The second-order valence-electron chi connectivity index (χ2n) is 9.29. The number of halogens is 2. The molecule has 1 saturated heterocycles. The number of hydrogen-bond donors (Lipinski definition) is 2. The molecule has 2 fully saturated rings. The second-order valence-corrected chi connectivity index (χ2v) is 10.2. The van der Waals surface area contributed by atoms with E-state index in [9.17, 15) is 15.2 Å². The standard InChI is InChI=1S/C26H30Cl2N4O2/c27-21-15-22(28)17-23(16-21)30-25(33)32(13-12-31-10-1-2-11-31)24-6-8-26(34,9-7-24)20-5-3-4-19(14-20)18-29/h3-5,14-17,24,34H,1-2,6-13H2,(H,30,33)/t24-,26+. The van der Waals surface area contributed by atoms with Crippen molar-refractivity contribution >= 4 is 34.9 Å². The molecule has 2 amide bonds. The van der Waals surface area contributed by atoms with Crippen molar-refractivity contribution in [3.63, 3.8) is 0 Å². The van der Waals surface area contributed by atoms with E-state index in [4.69, 9.17) is 23.2 Å². The van der Waals surface area contributed by atoms with Crippen LogP contribution in [0, 0.1) is 11.3 Å². The van der Waals surface area contributed by atoms with Gasteiger partial charge in [-0.3, -0.25) is 0 Å². The number of carbonyl (C=O) groups excluding carboxylic acids is 1. The third kappa shape index (κ3) is 6.03. The Morgan fingerprint density at radius 2 is 1.82 bits per heavy atom. The minimum atomic E-state index is -0.985. The molecule has 2 aromatic carbocycles. The Morgan fingerprint density at radius 1 is 1.15 bits per heavy atom. The number of amides is 2. The summed E-state index contributed by atoms with van der Waals surface area (Å²) in [6.07, 6.45) is 4.82. The molecule has 6 nitrogen and oxygen atoms in total. The molecule has 0 radical (unpaired) electrons. The number of anilines is 1. The molecule has 0 aromatic heterocycles. The molecule has 2 N–H and O–H groups in total. The predicted molar refractivity (Wildman–Crippen MR) is 135 cm³/mol. The summed E-state index contributed by atoms with van der Waals surface area (Å²) in [5.41, 5.74) is 0.891. The van der Waals surface area contributed by atoms with Gasteiger partial charge in [0.15, 0.2) is 0 Å². The van der Waals surface area contributed by atoms with Gasteiger partial charge < -0.3 is 20.2 Å². The quantitative estimate of drug-likeness (QED) is 0.538. The number of hydrogen-bond acceptors (Lipinski definition) is 4. The maximum absolute atomic E-state index is 13.4. The molecule has 180 valence electrons. The van der Waals surface area contributed by atoms with Crippen molar-refractivity contribution in [2.45, 2.75) is 50.2 Å². The van der Waals surface area contributed by atoms with Gasteiger partial charge in [-0.2, -0.15) is 5.26 Å². The molecule has 1 aliphatic heterocycles. The second kappa shape index (κ2) is 11.0. The van der Waals surface area contributed by atoms with E-state index in [-0.39, 0.29) is 12.1 Å². The van der Waals surface area contributed by atoms with Crippen molar-refractivity contribution in [2.24, 2.45) is 0 Å². The molecule has 0 unspecified atom stereocenters. The van der Waals surface area contributed by atoms with Crippen LogP contribution >= 0.6 is 23.2 Å². The van der Waals surface area contributed by atoms with Crippen LogP contribution in [0.25, 0.3) is 0 Å². The Bertz CT molecular complexity index is 1040. The van der Waals surface area contributed by atoms with Crippen molar-refractivity contribution in [1.29, 1.82) is 5.26 Å². The summed E-state index contributed by atoms with van der Waals surface area (Å²) in [5.74, 6) is 0. The lowest BCUT2D eigenvalue weighted by Crippen LogP contribution is -2.49. The summed E-state index contributed by atoms with van der Waals surface area (Å²) in [5, 5.41) is 24.5. The van der Waals surface area contributed by atoms with Crippen molar-refractivity contribution in [1.82, 2.24) is 9.80 Å². The minimum Gasteiger partial charge on any atom is -0.385 e. The van der Waals surface area contributed by atoms with E-state index in [2.05, 4.69) is 16.3 Å². The largest absolute Gasteiger partial charge is 0.385 e. The molecule has 0 bridgehead atoms. The Morgan fingerprint density at radius 3 is 2.47 bits per heavy atom. The number of benzene rings is 2. The first-order valence-electron chi connectivity index (χ1n) is 11.9. The normalized spacial score (nSPS) is 22.8. The summed E-state index contributed by atoms with van der Waals surface area (Å²) < 4.78 is 0.